The molecule has 2 fully saturated rings. The number of hydrogen-bond acceptors (Lipinski definition) is 4. The number of nitrogens with zero attached hydrogens (tertiary/aromatic N) is 1. The summed E-state index contributed by atoms with van der Waals surface area (Å²) in [4.78, 5) is 14.5. The predicted molar refractivity (Wildman–Crippen MR) is 105 cm³/mol. The number of amides is 1. The fourth-order valence-electron chi connectivity index (χ4n) is 4.22. The monoisotopic (exact) mass is 370 g/mol. The Hall–Kier alpha value is -1.85. The first kappa shape index (κ1) is 18.5. The van der Waals surface area contributed by atoms with Gasteiger partial charge in [-0.1, -0.05) is 18.2 Å². The molecule has 3 heterocycles. The van der Waals surface area contributed by atoms with Crippen molar-refractivity contribution in [2.24, 2.45) is 5.92 Å². The number of benzene rings is 1. The Labute approximate surface area is 161 Å². The summed E-state index contributed by atoms with van der Waals surface area (Å²) in [5.74, 6) is 1.88. The summed E-state index contributed by atoms with van der Waals surface area (Å²) in [7, 11) is 0. The number of hydrogen-bond donors (Lipinski definition) is 1. The number of nitrogens with one attached hydrogen (secondary N) is 1. The van der Waals surface area contributed by atoms with Gasteiger partial charge in [0, 0.05) is 25.0 Å². The zero-order valence-electron chi connectivity index (χ0n) is 16.0. The minimum atomic E-state index is 0.176. The SMILES string of the molecule is O=C(CCC1CCN(Cc2cc3ccccc3o2)CC1)NC[C@H]1CCCO1. The van der Waals surface area contributed by atoms with Crippen molar-refractivity contribution in [3.05, 3.63) is 36.1 Å². The Morgan fingerprint density at radius 2 is 2.04 bits per heavy atom. The van der Waals surface area contributed by atoms with Crippen LogP contribution < -0.4 is 5.32 Å². The first-order valence-corrected chi connectivity index (χ1v) is 10.3. The summed E-state index contributed by atoms with van der Waals surface area (Å²) in [6.07, 6.45) is 6.39. The van der Waals surface area contributed by atoms with Crippen LogP contribution in [0.5, 0.6) is 0 Å². The summed E-state index contributed by atoms with van der Waals surface area (Å²) >= 11 is 0. The molecular weight excluding hydrogens is 340 g/mol. The summed E-state index contributed by atoms with van der Waals surface area (Å²) in [5.41, 5.74) is 0.969. The number of carbonyl (C=O) groups is 1. The molecule has 0 unspecified atom stereocenters. The third-order valence-electron chi connectivity index (χ3n) is 5.89. The lowest BCUT2D eigenvalue weighted by Gasteiger charge is -2.31. The lowest BCUT2D eigenvalue weighted by atomic mass is 9.92. The molecule has 0 aliphatic carbocycles. The van der Waals surface area contributed by atoms with Crippen molar-refractivity contribution in [2.75, 3.05) is 26.2 Å². The highest BCUT2D eigenvalue weighted by molar-refractivity contribution is 5.77. The molecule has 2 aliphatic heterocycles. The molecule has 4 rings (SSSR count). The largest absolute Gasteiger partial charge is 0.460 e. The van der Waals surface area contributed by atoms with E-state index in [4.69, 9.17) is 9.15 Å². The molecule has 1 aromatic heterocycles. The van der Waals surface area contributed by atoms with E-state index in [1.54, 1.807) is 0 Å². The molecule has 1 amide bonds. The lowest BCUT2D eigenvalue weighted by Crippen LogP contribution is -2.34. The van der Waals surface area contributed by atoms with E-state index >= 15 is 0 Å². The maximum absolute atomic E-state index is 12.0. The van der Waals surface area contributed by atoms with Crippen LogP contribution in [0, 0.1) is 5.92 Å². The third-order valence-corrected chi connectivity index (χ3v) is 5.89. The van der Waals surface area contributed by atoms with Crippen LogP contribution in [0.2, 0.25) is 0 Å². The van der Waals surface area contributed by atoms with Gasteiger partial charge in [0.2, 0.25) is 5.91 Å². The normalized spacial score (nSPS) is 21.7. The molecule has 5 heteroatoms. The van der Waals surface area contributed by atoms with Crippen LogP contribution in [0.1, 0.15) is 44.3 Å². The standard InChI is InChI=1S/C22H30N2O3/c25-22(23-15-19-5-3-13-26-19)8-7-17-9-11-24(12-10-17)16-20-14-18-4-1-2-6-21(18)27-20/h1-2,4,6,14,17,19H,3,5,7-13,15-16H2,(H,23,25)/t19-/m1/s1. The highest BCUT2D eigenvalue weighted by Gasteiger charge is 2.21. The smallest absolute Gasteiger partial charge is 0.220 e. The summed E-state index contributed by atoms with van der Waals surface area (Å²) in [6.45, 7) is 4.56. The second-order valence-electron chi connectivity index (χ2n) is 7.95. The number of para-hydroxylation sites is 1. The maximum atomic E-state index is 12.0. The maximum Gasteiger partial charge on any atom is 0.220 e. The molecule has 1 aromatic carbocycles. The molecule has 0 radical (unpaired) electrons. The number of rotatable bonds is 7. The predicted octanol–water partition coefficient (Wildman–Crippen LogP) is 3.72. The zero-order chi connectivity index (χ0) is 18.5. The highest BCUT2D eigenvalue weighted by Crippen LogP contribution is 2.25. The van der Waals surface area contributed by atoms with E-state index in [9.17, 15) is 4.79 Å². The Morgan fingerprint density at radius 1 is 1.19 bits per heavy atom. The van der Waals surface area contributed by atoms with Crippen molar-refractivity contribution in [3.63, 3.8) is 0 Å². The molecule has 27 heavy (non-hydrogen) atoms. The molecule has 2 aromatic rings. The van der Waals surface area contributed by atoms with Crippen LogP contribution in [0.15, 0.2) is 34.7 Å². The average Bonchev–Trinajstić information content (AvgIpc) is 3.35. The van der Waals surface area contributed by atoms with Gasteiger partial charge in [-0.25, -0.2) is 0 Å². The molecule has 5 nitrogen and oxygen atoms in total. The van der Waals surface area contributed by atoms with Gasteiger partial charge >= 0.3 is 0 Å². The highest BCUT2D eigenvalue weighted by atomic mass is 16.5. The summed E-state index contributed by atoms with van der Waals surface area (Å²) in [6, 6.07) is 10.3. The van der Waals surface area contributed by atoms with Crippen LogP contribution in [-0.4, -0.2) is 43.2 Å². The van der Waals surface area contributed by atoms with Crippen molar-refractivity contribution < 1.29 is 13.9 Å². The zero-order valence-corrected chi connectivity index (χ0v) is 16.0. The van der Waals surface area contributed by atoms with Crippen molar-refractivity contribution in [1.29, 1.82) is 0 Å². The number of likely N-dealkylation sites (tertiary alicyclic amines) is 1. The van der Waals surface area contributed by atoms with Gasteiger partial charge in [-0.05, 0) is 63.2 Å². The molecule has 1 N–H and O–H groups in total. The minimum absolute atomic E-state index is 0.176. The number of piperidine rings is 1. The van der Waals surface area contributed by atoms with E-state index in [0.29, 0.717) is 18.9 Å². The molecular formula is C22H30N2O3. The van der Waals surface area contributed by atoms with E-state index in [0.717, 1.165) is 56.8 Å². The Kier molecular flexibility index (Phi) is 6.10. The van der Waals surface area contributed by atoms with Crippen LogP contribution in [0.25, 0.3) is 11.0 Å². The van der Waals surface area contributed by atoms with E-state index in [-0.39, 0.29) is 12.0 Å². The number of carbonyl (C=O) groups excluding carboxylic acids is 1. The number of furan rings is 1. The van der Waals surface area contributed by atoms with Crippen LogP contribution in [-0.2, 0) is 16.1 Å². The van der Waals surface area contributed by atoms with Gasteiger partial charge in [0.25, 0.3) is 0 Å². The molecule has 0 spiro atoms. The molecule has 146 valence electrons. The molecule has 1 atom stereocenters. The molecule has 0 bridgehead atoms. The van der Waals surface area contributed by atoms with Gasteiger partial charge in [0.05, 0.1) is 12.6 Å². The van der Waals surface area contributed by atoms with E-state index < -0.39 is 0 Å². The molecule has 2 saturated heterocycles. The molecule has 0 saturated carbocycles. The third kappa shape index (κ3) is 5.11. The van der Waals surface area contributed by atoms with Crippen molar-refractivity contribution in [3.8, 4) is 0 Å². The Balaban J connectivity index is 1.15. The van der Waals surface area contributed by atoms with Crippen molar-refractivity contribution in [1.82, 2.24) is 10.2 Å². The van der Waals surface area contributed by atoms with E-state index in [1.165, 1.54) is 18.2 Å². The van der Waals surface area contributed by atoms with Gasteiger partial charge in [-0.2, -0.15) is 0 Å². The first-order chi connectivity index (χ1) is 13.3. The van der Waals surface area contributed by atoms with Crippen LogP contribution >= 0.6 is 0 Å². The Bertz CT molecular complexity index is 710. The summed E-state index contributed by atoms with van der Waals surface area (Å²) in [5, 5.41) is 4.21. The van der Waals surface area contributed by atoms with Gasteiger partial charge in [-0.3, -0.25) is 9.69 Å². The van der Waals surface area contributed by atoms with Crippen molar-refractivity contribution >= 4 is 16.9 Å². The first-order valence-electron chi connectivity index (χ1n) is 10.3. The second-order valence-corrected chi connectivity index (χ2v) is 7.95. The minimum Gasteiger partial charge on any atom is -0.460 e. The fourth-order valence-corrected chi connectivity index (χ4v) is 4.22. The van der Waals surface area contributed by atoms with Gasteiger partial charge in [0.1, 0.15) is 11.3 Å². The van der Waals surface area contributed by atoms with E-state index in [1.807, 2.05) is 18.2 Å². The van der Waals surface area contributed by atoms with Crippen LogP contribution in [0.4, 0.5) is 0 Å². The van der Waals surface area contributed by atoms with E-state index in [2.05, 4.69) is 22.3 Å². The second kappa shape index (κ2) is 8.89. The number of fused-ring (bicyclic) bond motifs is 1. The molecule has 2 aliphatic rings. The van der Waals surface area contributed by atoms with Crippen molar-refractivity contribution in [2.45, 2.75) is 51.2 Å². The average molecular weight is 370 g/mol. The summed E-state index contributed by atoms with van der Waals surface area (Å²) < 4.78 is 11.5. The lowest BCUT2D eigenvalue weighted by molar-refractivity contribution is -0.122. The number of ether oxygens (including phenoxy) is 1. The van der Waals surface area contributed by atoms with Gasteiger partial charge < -0.3 is 14.5 Å². The fraction of sp³-hybridized carbons (Fsp3) is 0.591. The Morgan fingerprint density at radius 3 is 2.81 bits per heavy atom. The van der Waals surface area contributed by atoms with Crippen LogP contribution in [0.3, 0.4) is 0 Å². The van der Waals surface area contributed by atoms with Gasteiger partial charge in [-0.15, -0.1) is 0 Å². The van der Waals surface area contributed by atoms with Gasteiger partial charge in [0.15, 0.2) is 0 Å². The topological polar surface area (TPSA) is 54.7 Å². The quantitative estimate of drug-likeness (QED) is 0.807.